The van der Waals surface area contributed by atoms with E-state index < -0.39 is 0 Å². The van der Waals surface area contributed by atoms with E-state index in [9.17, 15) is 5.11 Å². The zero-order valence-corrected chi connectivity index (χ0v) is 16.0. The van der Waals surface area contributed by atoms with Gasteiger partial charge in [0.25, 0.3) is 0 Å². The maximum Gasteiger partial charge on any atom is 0.229 e. The number of nitrogens with zero attached hydrogens (tertiary/aromatic N) is 2. The van der Waals surface area contributed by atoms with Gasteiger partial charge in [-0.1, -0.05) is 48.0 Å². The van der Waals surface area contributed by atoms with E-state index in [1.54, 1.807) is 6.07 Å². The van der Waals surface area contributed by atoms with E-state index in [4.69, 9.17) is 11.6 Å². The molecule has 1 aromatic heterocycles. The molecule has 6 heteroatoms. The van der Waals surface area contributed by atoms with E-state index in [0.717, 1.165) is 22.0 Å². The predicted molar refractivity (Wildman–Crippen MR) is 114 cm³/mol. The van der Waals surface area contributed by atoms with Gasteiger partial charge >= 0.3 is 0 Å². The lowest BCUT2D eigenvalue weighted by atomic mass is 10.2. The minimum atomic E-state index is 0.146. The van der Waals surface area contributed by atoms with E-state index in [2.05, 4.69) is 20.6 Å². The number of fused-ring (bicyclic) bond motifs is 1. The van der Waals surface area contributed by atoms with Gasteiger partial charge in [-0.25, -0.2) is 4.98 Å². The molecule has 0 radical (unpaired) electrons. The fourth-order valence-electron chi connectivity index (χ4n) is 2.96. The van der Waals surface area contributed by atoms with Crippen LogP contribution in [0.2, 0.25) is 5.02 Å². The van der Waals surface area contributed by atoms with Crippen LogP contribution < -0.4 is 10.6 Å². The highest BCUT2D eigenvalue weighted by Crippen LogP contribution is 2.29. The number of aromatic nitrogens is 2. The Labute approximate surface area is 168 Å². The number of benzene rings is 3. The Kier molecular flexibility index (Phi) is 5.00. The van der Waals surface area contributed by atoms with Gasteiger partial charge < -0.3 is 15.7 Å². The van der Waals surface area contributed by atoms with Crippen LogP contribution in [0, 0.1) is 6.92 Å². The van der Waals surface area contributed by atoms with Crippen molar-refractivity contribution in [2.45, 2.75) is 13.5 Å². The van der Waals surface area contributed by atoms with Gasteiger partial charge in [-0.3, -0.25) is 0 Å². The molecule has 0 saturated heterocycles. The third-order valence-corrected chi connectivity index (χ3v) is 4.77. The van der Waals surface area contributed by atoms with Crippen molar-refractivity contribution in [2.75, 3.05) is 10.6 Å². The molecular formula is C22H19ClN4O. The van der Waals surface area contributed by atoms with Crippen molar-refractivity contribution in [3.05, 3.63) is 82.9 Å². The summed E-state index contributed by atoms with van der Waals surface area (Å²) < 4.78 is 0. The molecule has 28 heavy (non-hydrogen) atoms. The van der Waals surface area contributed by atoms with Gasteiger partial charge in [-0.15, -0.1) is 0 Å². The van der Waals surface area contributed by atoms with Crippen LogP contribution in [0.5, 0.6) is 5.75 Å². The third kappa shape index (κ3) is 3.85. The van der Waals surface area contributed by atoms with Crippen molar-refractivity contribution in [3.63, 3.8) is 0 Å². The third-order valence-electron chi connectivity index (χ3n) is 4.41. The smallest absolute Gasteiger partial charge is 0.229 e. The van der Waals surface area contributed by atoms with Crippen molar-refractivity contribution in [1.82, 2.24) is 9.97 Å². The van der Waals surface area contributed by atoms with E-state index in [1.165, 1.54) is 0 Å². The average molecular weight is 391 g/mol. The Balaban J connectivity index is 1.69. The molecular weight excluding hydrogens is 372 g/mol. The molecule has 1 heterocycles. The lowest BCUT2D eigenvalue weighted by Gasteiger charge is -2.13. The second kappa shape index (κ2) is 7.74. The predicted octanol–water partition coefficient (Wildman–Crippen LogP) is 5.65. The van der Waals surface area contributed by atoms with Crippen molar-refractivity contribution >= 4 is 40.0 Å². The molecule has 140 valence electrons. The lowest BCUT2D eigenvalue weighted by molar-refractivity contribution is 0.477. The van der Waals surface area contributed by atoms with Crippen LogP contribution in [0.25, 0.3) is 10.9 Å². The average Bonchev–Trinajstić information content (AvgIpc) is 2.70. The number of aromatic hydroxyl groups is 1. The molecule has 0 atom stereocenters. The Morgan fingerprint density at radius 1 is 0.964 bits per heavy atom. The highest BCUT2D eigenvalue weighted by Gasteiger charge is 2.10. The van der Waals surface area contributed by atoms with Gasteiger partial charge in [-0.05, 0) is 48.4 Å². The zero-order valence-electron chi connectivity index (χ0n) is 15.3. The van der Waals surface area contributed by atoms with Gasteiger partial charge in [0, 0.05) is 17.0 Å². The van der Waals surface area contributed by atoms with Crippen LogP contribution in [-0.2, 0) is 6.54 Å². The van der Waals surface area contributed by atoms with Crippen molar-refractivity contribution in [3.8, 4) is 5.75 Å². The standard InChI is InChI=1S/C22H19ClN4O/c1-14-10-11-20(28)19(12-14)26-22-25-18-9-5-3-7-16(18)21(27-22)24-13-15-6-2-4-8-17(15)23/h2-12,28H,13H2,1H3,(H2,24,25,26,27). The monoisotopic (exact) mass is 390 g/mol. The molecule has 0 saturated carbocycles. The number of halogens is 1. The summed E-state index contributed by atoms with van der Waals surface area (Å²) in [4.78, 5) is 9.20. The molecule has 0 spiro atoms. The summed E-state index contributed by atoms with van der Waals surface area (Å²) in [5, 5.41) is 18.2. The quantitative estimate of drug-likeness (QED) is 0.384. The van der Waals surface area contributed by atoms with E-state index in [0.29, 0.717) is 29.0 Å². The fourth-order valence-corrected chi connectivity index (χ4v) is 3.16. The van der Waals surface area contributed by atoms with E-state index in [-0.39, 0.29) is 5.75 Å². The Morgan fingerprint density at radius 3 is 2.61 bits per heavy atom. The number of hydrogen-bond donors (Lipinski definition) is 3. The number of nitrogens with one attached hydrogen (secondary N) is 2. The Hall–Kier alpha value is -3.31. The molecule has 4 rings (SSSR count). The highest BCUT2D eigenvalue weighted by atomic mass is 35.5. The van der Waals surface area contributed by atoms with Crippen LogP contribution in [0.15, 0.2) is 66.7 Å². The van der Waals surface area contributed by atoms with Crippen molar-refractivity contribution in [2.24, 2.45) is 0 Å². The van der Waals surface area contributed by atoms with E-state index in [1.807, 2.05) is 67.6 Å². The number of para-hydroxylation sites is 1. The van der Waals surface area contributed by atoms with E-state index >= 15 is 0 Å². The molecule has 0 amide bonds. The first kappa shape index (κ1) is 18.1. The minimum Gasteiger partial charge on any atom is -0.506 e. The largest absolute Gasteiger partial charge is 0.506 e. The highest BCUT2D eigenvalue weighted by molar-refractivity contribution is 6.31. The molecule has 0 aliphatic carbocycles. The normalized spacial score (nSPS) is 10.8. The number of rotatable bonds is 5. The Bertz CT molecular complexity index is 1150. The number of anilines is 3. The summed E-state index contributed by atoms with van der Waals surface area (Å²) >= 11 is 6.27. The van der Waals surface area contributed by atoms with Crippen LogP contribution in [0.4, 0.5) is 17.5 Å². The molecule has 0 unspecified atom stereocenters. The van der Waals surface area contributed by atoms with Crippen LogP contribution >= 0.6 is 11.6 Å². The maximum atomic E-state index is 10.1. The summed E-state index contributed by atoms with van der Waals surface area (Å²) in [6.45, 7) is 2.50. The fraction of sp³-hybridized carbons (Fsp3) is 0.0909. The number of phenols is 1. The molecule has 0 aliphatic rings. The molecule has 5 nitrogen and oxygen atoms in total. The Morgan fingerprint density at radius 2 is 1.75 bits per heavy atom. The van der Waals surface area contributed by atoms with Crippen molar-refractivity contribution < 1.29 is 5.11 Å². The minimum absolute atomic E-state index is 0.146. The number of phenolic OH excluding ortho intramolecular Hbond substituents is 1. The van der Waals surface area contributed by atoms with Gasteiger partial charge in [0.15, 0.2) is 0 Å². The first-order valence-electron chi connectivity index (χ1n) is 8.91. The number of aryl methyl sites for hydroxylation is 1. The maximum absolute atomic E-state index is 10.1. The second-order valence-electron chi connectivity index (χ2n) is 6.50. The summed E-state index contributed by atoms with van der Waals surface area (Å²) in [6, 6.07) is 20.8. The molecule has 4 aromatic rings. The summed E-state index contributed by atoms with van der Waals surface area (Å²) in [5.41, 5.74) is 3.37. The molecule has 0 bridgehead atoms. The molecule has 3 N–H and O–H groups in total. The summed E-state index contributed by atoms with van der Waals surface area (Å²) in [6.07, 6.45) is 0. The first-order valence-corrected chi connectivity index (χ1v) is 9.28. The molecule has 0 fully saturated rings. The summed E-state index contributed by atoms with van der Waals surface area (Å²) in [5.74, 6) is 1.24. The first-order chi connectivity index (χ1) is 13.6. The zero-order chi connectivity index (χ0) is 19.5. The topological polar surface area (TPSA) is 70.1 Å². The van der Waals surface area contributed by atoms with Crippen LogP contribution in [0.1, 0.15) is 11.1 Å². The second-order valence-corrected chi connectivity index (χ2v) is 6.91. The molecule has 0 aliphatic heterocycles. The summed E-state index contributed by atoms with van der Waals surface area (Å²) in [7, 11) is 0. The SMILES string of the molecule is Cc1ccc(O)c(Nc2nc(NCc3ccccc3Cl)c3ccccc3n2)c1. The lowest BCUT2D eigenvalue weighted by Crippen LogP contribution is -2.06. The van der Waals surface area contributed by atoms with Gasteiger partial charge in [0.1, 0.15) is 11.6 Å². The van der Waals surface area contributed by atoms with Crippen molar-refractivity contribution in [1.29, 1.82) is 0 Å². The van der Waals surface area contributed by atoms with Crippen LogP contribution in [0.3, 0.4) is 0 Å². The molecule has 3 aromatic carbocycles. The van der Waals surface area contributed by atoms with Gasteiger partial charge in [0.05, 0.1) is 11.2 Å². The number of hydrogen-bond acceptors (Lipinski definition) is 5. The van der Waals surface area contributed by atoms with Gasteiger partial charge in [-0.2, -0.15) is 4.98 Å². The van der Waals surface area contributed by atoms with Gasteiger partial charge in [0.2, 0.25) is 5.95 Å². The van der Waals surface area contributed by atoms with Crippen LogP contribution in [-0.4, -0.2) is 15.1 Å².